The van der Waals surface area contributed by atoms with Gasteiger partial charge < -0.3 is 10.6 Å². The standard InChI is InChI=1S/C11H14ClN3O.ClH/c12-10-7-8(1-6-14-10)11(16)15-9-2-4-13-5-3-9;/h1,6-7,9,13H,2-5H2,(H,15,16);1H. The Labute approximate surface area is 112 Å². The summed E-state index contributed by atoms with van der Waals surface area (Å²) in [7, 11) is 0. The fraction of sp³-hybridized carbons (Fsp3) is 0.455. The number of hydrogen-bond donors (Lipinski definition) is 2. The van der Waals surface area contributed by atoms with Gasteiger partial charge in [0, 0.05) is 17.8 Å². The van der Waals surface area contributed by atoms with Crippen molar-refractivity contribution in [3.8, 4) is 0 Å². The van der Waals surface area contributed by atoms with Crippen LogP contribution in [0.3, 0.4) is 0 Å². The summed E-state index contributed by atoms with van der Waals surface area (Å²) >= 11 is 5.73. The number of rotatable bonds is 2. The molecule has 17 heavy (non-hydrogen) atoms. The highest BCUT2D eigenvalue weighted by molar-refractivity contribution is 6.29. The van der Waals surface area contributed by atoms with Crippen LogP contribution in [0.15, 0.2) is 18.3 Å². The van der Waals surface area contributed by atoms with Gasteiger partial charge in [0.2, 0.25) is 0 Å². The summed E-state index contributed by atoms with van der Waals surface area (Å²) in [4.78, 5) is 15.7. The van der Waals surface area contributed by atoms with Crippen molar-refractivity contribution in [2.45, 2.75) is 18.9 Å². The molecule has 6 heteroatoms. The van der Waals surface area contributed by atoms with Gasteiger partial charge in [-0.3, -0.25) is 4.79 Å². The van der Waals surface area contributed by atoms with Gasteiger partial charge in [-0.05, 0) is 38.1 Å². The molecule has 1 saturated heterocycles. The summed E-state index contributed by atoms with van der Waals surface area (Å²) in [5, 5.41) is 6.60. The van der Waals surface area contributed by atoms with Gasteiger partial charge in [-0.15, -0.1) is 12.4 Å². The van der Waals surface area contributed by atoms with Crippen LogP contribution in [-0.2, 0) is 0 Å². The number of aromatic nitrogens is 1. The monoisotopic (exact) mass is 275 g/mol. The second kappa shape index (κ2) is 6.79. The predicted octanol–water partition coefficient (Wildman–Crippen LogP) is 1.64. The molecule has 1 aliphatic heterocycles. The number of carbonyl (C=O) groups is 1. The summed E-state index contributed by atoms with van der Waals surface area (Å²) in [6.45, 7) is 1.92. The highest BCUT2D eigenvalue weighted by atomic mass is 35.5. The number of hydrogen-bond acceptors (Lipinski definition) is 3. The lowest BCUT2D eigenvalue weighted by atomic mass is 10.1. The molecule has 0 saturated carbocycles. The van der Waals surface area contributed by atoms with Crippen molar-refractivity contribution in [2.24, 2.45) is 0 Å². The van der Waals surface area contributed by atoms with Crippen LogP contribution in [0.5, 0.6) is 0 Å². The Kier molecular flexibility index (Phi) is 5.68. The van der Waals surface area contributed by atoms with Crippen molar-refractivity contribution in [3.63, 3.8) is 0 Å². The molecular formula is C11H15Cl2N3O. The van der Waals surface area contributed by atoms with Gasteiger partial charge in [-0.25, -0.2) is 4.98 Å². The molecule has 2 heterocycles. The van der Waals surface area contributed by atoms with Gasteiger partial charge in [-0.1, -0.05) is 11.6 Å². The zero-order chi connectivity index (χ0) is 11.4. The van der Waals surface area contributed by atoms with Crippen molar-refractivity contribution in [3.05, 3.63) is 29.0 Å². The molecule has 1 fully saturated rings. The first kappa shape index (κ1) is 14.2. The molecule has 2 N–H and O–H groups in total. The van der Waals surface area contributed by atoms with E-state index in [4.69, 9.17) is 11.6 Å². The third-order valence-corrected chi connectivity index (χ3v) is 2.87. The smallest absolute Gasteiger partial charge is 0.251 e. The van der Waals surface area contributed by atoms with Crippen LogP contribution in [0, 0.1) is 0 Å². The van der Waals surface area contributed by atoms with Crippen LogP contribution in [0.4, 0.5) is 0 Å². The van der Waals surface area contributed by atoms with Gasteiger partial charge >= 0.3 is 0 Å². The Morgan fingerprint density at radius 2 is 2.18 bits per heavy atom. The van der Waals surface area contributed by atoms with E-state index in [1.54, 1.807) is 18.3 Å². The Hall–Kier alpha value is -0.840. The number of nitrogens with one attached hydrogen (secondary N) is 2. The molecule has 0 aromatic carbocycles. The van der Waals surface area contributed by atoms with Gasteiger partial charge in [0.05, 0.1) is 0 Å². The number of piperidine rings is 1. The maximum absolute atomic E-state index is 11.8. The molecule has 94 valence electrons. The van der Waals surface area contributed by atoms with Crippen LogP contribution in [0.1, 0.15) is 23.2 Å². The highest BCUT2D eigenvalue weighted by Gasteiger charge is 2.16. The zero-order valence-corrected chi connectivity index (χ0v) is 10.9. The molecule has 0 unspecified atom stereocenters. The van der Waals surface area contributed by atoms with E-state index in [-0.39, 0.29) is 24.4 Å². The van der Waals surface area contributed by atoms with Crippen molar-refractivity contribution < 1.29 is 4.79 Å². The number of nitrogens with zero attached hydrogens (tertiary/aromatic N) is 1. The molecule has 2 rings (SSSR count). The Balaban J connectivity index is 0.00000144. The van der Waals surface area contributed by atoms with Crippen LogP contribution < -0.4 is 10.6 Å². The van der Waals surface area contributed by atoms with Crippen molar-refractivity contribution >= 4 is 29.9 Å². The van der Waals surface area contributed by atoms with Gasteiger partial charge in [-0.2, -0.15) is 0 Å². The van der Waals surface area contributed by atoms with E-state index in [1.165, 1.54) is 0 Å². The van der Waals surface area contributed by atoms with Crippen LogP contribution >= 0.6 is 24.0 Å². The molecule has 0 aliphatic carbocycles. The largest absolute Gasteiger partial charge is 0.349 e. The lowest BCUT2D eigenvalue weighted by molar-refractivity contribution is 0.0929. The molecule has 0 atom stereocenters. The summed E-state index contributed by atoms with van der Waals surface area (Å²) in [6, 6.07) is 3.51. The molecule has 1 aliphatic rings. The van der Waals surface area contributed by atoms with E-state index in [1.807, 2.05) is 0 Å². The molecule has 1 aromatic rings. The quantitative estimate of drug-likeness (QED) is 0.807. The lowest BCUT2D eigenvalue weighted by Crippen LogP contribution is -2.42. The molecule has 1 aromatic heterocycles. The summed E-state index contributed by atoms with van der Waals surface area (Å²) < 4.78 is 0. The summed E-state index contributed by atoms with van der Waals surface area (Å²) in [5.41, 5.74) is 0.568. The average Bonchev–Trinajstić information content (AvgIpc) is 2.30. The molecule has 4 nitrogen and oxygen atoms in total. The fourth-order valence-corrected chi connectivity index (χ4v) is 1.95. The normalized spacial score (nSPS) is 16.1. The third kappa shape index (κ3) is 4.15. The summed E-state index contributed by atoms with van der Waals surface area (Å²) in [6.07, 6.45) is 3.49. The van der Waals surface area contributed by atoms with Crippen molar-refractivity contribution in [2.75, 3.05) is 13.1 Å². The maximum Gasteiger partial charge on any atom is 0.251 e. The number of pyridine rings is 1. The van der Waals surface area contributed by atoms with Gasteiger partial charge in [0.1, 0.15) is 5.15 Å². The van der Waals surface area contributed by atoms with Gasteiger partial charge in [0.15, 0.2) is 0 Å². The van der Waals surface area contributed by atoms with E-state index >= 15 is 0 Å². The van der Waals surface area contributed by atoms with Crippen molar-refractivity contribution in [1.82, 2.24) is 15.6 Å². The minimum absolute atomic E-state index is 0. The van der Waals surface area contributed by atoms with E-state index < -0.39 is 0 Å². The Morgan fingerprint density at radius 3 is 2.82 bits per heavy atom. The average molecular weight is 276 g/mol. The predicted molar refractivity (Wildman–Crippen MR) is 69.9 cm³/mol. The van der Waals surface area contributed by atoms with Gasteiger partial charge in [0.25, 0.3) is 5.91 Å². The molecule has 0 radical (unpaired) electrons. The minimum atomic E-state index is -0.0730. The van der Waals surface area contributed by atoms with E-state index in [0.717, 1.165) is 25.9 Å². The fourth-order valence-electron chi connectivity index (χ4n) is 1.78. The van der Waals surface area contributed by atoms with E-state index in [0.29, 0.717) is 10.7 Å². The first-order valence-corrected chi connectivity index (χ1v) is 5.76. The molecule has 0 bridgehead atoms. The minimum Gasteiger partial charge on any atom is -0.349 e. The van der Waals surface area contributed by atoms with E-state index in [2.05, 4.69) is 15.6 Å². The van der Waals surface area contributed by atoms with E-state index in [9.17, 15) is 4.79 Å². The first-order valence-electron chi connectivity index (χ1n) is 5.39. The van der Waals surface area contributed by atoms with Crippen molar-refractivity contribution in [1.29, 1.82) is 0 Å². The first-order chi connectivity index (χ1) is 7.75. The molecule has 0 spiro atoms. The van der Waals surface area contributed by atoms with Crippen LogP contribution in [0.25, 0.3) is 0 Å². The Morgan fingerprint density at radius 1 is 1.47 bits per heavy atom. The highest BCUT2D eigenvalue weighted by Crippen LogP contribution is 2.08. The van der Waals surface area contributed by atoms with Crippen LogP contribution in [-0.4, -0.2) is 30.0 Å². The molecule has 1 amide bonds. The lowest BCUT2D eigenvalue weighted by Gasteiger charge is -2.23. The number of amides is 1. The third-order valence-electron chi connectivity index (χ3n) is 2.66. The second-order valence-corrected chi connectivity index (χ2v) is 4.25. The SMILES string of the molecule is Cl.O=C(NC1CCNCC1)c1ccnc(Cl)c1. The maximum atomic E-state index is 11.8. The summed E-state index contributed by atoms with van der Waals surface area (Å²) in [5.74, 6) is -0.0730. The molecular weight excluding hydrogens is 261 g/mol. The second-order valence-electron chi connectivity index (χ2n) is 3.86. The number of halogens is 2. The Bertz CT molecular complexity index is 381. The zero-order valence-electron chi connectivity index (χ0n) is 9.28. The van der Waals surface area contributed by atoms with Crippen LogP contribution in [0.2, 0.25) is 5.15 Å². The number of carbonyl (C=O) groups excluding carboxylic acids is 1. The topological polar surface area (TPSA) is 54.0 Å².